The van der Waals surface area contributed by atoms with Crippen molar-refractivity contribution >= 4 is 24.2 Å². The number of hydrogen-bond donors (Lipinski definition) is 2. The Morgan fingerprint density at radius 3 is 2.37 bits per heavy atom. The fourth-order valence-electron chi connectivity index (χ4n) is 1.52. The van der Waals surface area contributed by atoms with Gasteiger partial charge in [-0.1, -0.05) is 35.9 Å². The van der Waals surface area contributed by atoms with Crippen molar-refractivity contribution in [3.8, 4) is 5.75 Å². The molecule has 0 saturated heterocycles. The van der Waals surface area contributed by atoms with Gasteiger partial charge in [0, 0.05) is 6.07 Å². The van der Waals surface area contributed by atoms with Crippen LogP contribution in [-0.4, -0.2) is 17.2 Å². The summed E-state index contributed by atoms with van der Waals surface area (Å²) in [5.41, 5.74) is 1.26. The lowest BCUT2D eigenvalue weighted by Crippen LogP contribution is -2.29. The third kappa shape index (κ3) is 3.70. The Morgan fingerprint density at radius 2 is 1.79 bits per heavy atom. The van der Waals surface area contributed by atoms with E-state index in [0.717, 1.165) is 5.56 Å². The summed E-state index contributed by atoms with van der Waals surface area (Å²) in [4.78, 5) is 0. The second kappa shape index (κ2) is 6.06. The topological polar surface area (TPSA) is 49.7 Å². The predicted octanol–water partition coefficient (Wildman–Crippen LogP) is 1.74. The second-order valence-electron chi connectivity index (χ2n) is 3.98. The van der Waals surface area contributed by atoms with E-state index in [4.69, 9.17) is 26.4 Å². The van der Waals surface area contributed by atoms with Crippen LogP contribution in [-0.2, 0) is 6.61 Å². The zero-order valence-corrected chi connectivity index (χ0v) is 10.6. The summed E-state index contributed by atoms with van der Waals surface area (Å²) in [6, 6.07) is 10.8. The molecular weight excluding hydrogens is 269 g/mol. The molecule has 0 unspecified atom stereocenters. The van der Waals surface area contributed by atoms with Crippen molar-refractivity contribution in [1.82, 2.24) is 0 Å². The van der Waals surface area contributed by atoms with E-state index < -0.39 is 12.9 Å². The third-order valence-electron chi connectivity index (χ3n) is 2.57. The minimum Gasteiger partial charge on any atom is -0.489 e. The van der Waals surface area contributed by atoms with Gasteiger partial charge in [0.25, 0.3) is 0 Å². The predicted molar refractivity (Wildman–Crippen MR) is 72.0 cm³/mol. The molecule has 0 heterocycles. The summed E-state index contributed by atoms with van der Waals surface area (Å²) < 4.78 is 18.4. The fourth-order valence-corrected chi connectivity index (χ4v) is 1.69. The van der Waals surface area contributed by atoms with Gasteiger partial charge in [-0.25, -0.2) is 4.39 Å². The first-order valence-electron chi connectivity index (χ1n) is 5.59. The van der Waals surface area contributed by atoms with E-state index in [-0.39, 0.29) is 11.6 Å². The summed E-state index contributed by atoms with van der Waals surface area (Å²) in [6.45, 7) is 0.282. The molecule has 0 bridgehead atoms. The monoisotopic (exact) mass is 280 g/mol. The smallest absolute Gasteiger partial charge is 0.488 e. The van der Waals surface area contributed by atoms with E-state index in [2.05, 4.69) is 0 Å². The summed E-state index contributed by atoms with van der Waals surface area (Å²) in [7, 11) is -1.48. The second-order valence-corrected chi connectivity index (χ2v) is 4.39. The molecule has 2 aromatic carbocycles. The number of benzene rings is 2. The van der Waals surface area contributed by atoms with Crippen molar-refractivity contribution in [3.05, 3.63) is 58.9 Å². The molecule has 0 aliphatic carbocycles. The largest absolute Gasteiger partial charge is 0.489 e. The zero-order chi connectivity index (χ0) is 13.8. The molecule has 0 aliphatic heterocycles. The number of ether oxygens (including phenoxy) is 1. The Kier molecular flexibility index (Phi) is 4.42. The lowest BCUT2D eigenvalue weighted by Gasteiger charge is -2.07. The maximum absolute atomic E-state index is 12.9. The van der Waals surface area contributed by atoms with Gasteiger partial charge in [-0.15, -0.1) is 0 Å². The Labute approximate surface area is 115 Å². The highest BCUT2D eigenvalue weighted by Gasteiger charge is 2.09. The normalized spacial score (nSPS) is 10.3. The molecular formula is C13H11BClFO3. The van der Waals surface area contributed by atoms with Gasteiger partial charge in [0.05, 0.1) is 5.02 Å². The Morgan fingerprint density at radius 1 is 1.11 bits per heavy atom. The average molecular weight is 280 g/mol. The minimum absolute atomic E-state index is 0.0104. The Balaban J connectivity index is 2.00. The molecule has 19 heavy (non-hydrogen) atoms. The molecule has 0 radical (unpaired) electrons. The van der Waals surface area contributed by atoms with Crippen molar-refractivity contribution in [2.24, 2.45) is 0 Å². The van der Waals surface area contributed by atoms with Crippen LogP contribution in [0.3, 0.4) is 0 Å². The van der Waals surface area contributed by atoms with E-state index in [1.54, 1.807) is 24.3 Å². The highest BCUT2D eigenvalue weighted by Crippen LogP contribution is 2.21. The zero-order valence-electron chi connectivity index (χ0n) is 9.88. The molecule has 0 amide bonds. The highest BCUT2D eigenvalue weighted by molar-refractivity contribution is 6.58. The van der Waals surface area contributed by atoms with Gasteiger partial charge in [0.2, 0.25) is 0 Å². The Bertz CT molecular complexity index is 560. The molecule has 3 nitrogen and oxygen atoms in total. The van der Waals surface area contributed by atoms with Crippen LogP contribution >= 0.6 is 11.6 Å². The van der Waals surface area contributed by atoms with Crippen molar-refractivity contribution in [3.63, 3.8) is 0 Å². The Hall–Kier alpha value is -1.56. The van der Waals surface area contributed by atoms with Crippen LogP contribution in [0.5, 0.6) is 5.75 Å². The molecule has 0 spiro atoms. The minimum atomic E-state index is -1.48. The quantitative estimate of drug-likeness (QED) is 0.839. The molecule has 0 aromatic heterocycles. The van der Waals surface area contributed by atoms with Gasteiger partial charge in [0.15, 0.2) is 0 Å². The SMILES string of the molecule is OB(O)c1ccc(COc2ccc(F)c(Cl)c2)cc1. The van der Waals surface area contributed by atoms with Crippen molar-refractivity contribution in [2.45, 2.75) is 6.61 Å². The molecule has 0 atom stereocenters. The van der Waals surface area contributed by atoms with E-state index >= 15 is 0 Å². The van der Waals surface area contributed by atoms with Gasteiger partial charge in [-0.3, -0.25) is 0 Å². The lowest BCUT2D eigenvalue weighted by molar-refractivity contribution is 0.306. The number of rotatable bonds is 4. The van der Waals surface area contributed by atoms with Gasteiger partial charge in [0.1, 0.15) is 18.2 Å². The molecule has 2 aromatic rings. The molecule has 0 aliphatic rings. The first-order chi connectivity index (χ1) is 9.06. The number of hydrogen-bond acceptors (Lipinski definition) is 3. The molecule has 2 N–H and O–H groups in total. The van der Waals surface area contributed by atoms with Gasteiger partial charge >= 0.3 is 7.12 Å². The average Bonchev–Trinajstić information content (AvgIpc) is 2.40. The summed E-state index contributed by atoms with van der Waals surface area (Å²) in [6.07, 6.45) is 0. The van der Waals surface area contributed by atoms with E-state index in [1.807, 2.05) is 0 Å². The maximum Gasteiger partial charge on any atom is 0.488 e. The molecule has 6 heteroatoms. The first kappa shape index (κ1) is 13.9. The third-order valence-corrected chi connectivity index (χ3v) is 2.86. The van der Waals surface area contributed by atoms with Gasteiger partial charge < -0.3 is 14.8 Å². The molecule has 0 fully saturated rings. The number of halogens is 2. The lowest BCUT2D eigenvalue weighted by atomic mass is 9.80. The van der Waals surface area contributed by atoms with E-state index in [9.17, 15) is 4.39 Å². The fraction of sp³-hybridized carbons (Fsp3) is 0.0769. The van der Waals surface area contributed by atoms with Crippen LogP contribution < -0.4 is 10.2 Å². The summed E-state index contributed by atoms with van der Waals surface area (Å²) >= 11 is 5.64. The van der Waals surface area contributed by atoms with Crippen molar-refractivity contribution in [1.29, 1.82) is 0 Å². The van der Waals surface area contributed by atoms with Crippen LogP contribution in [0.2, 0.25) is 5.02 Å². The van der Waals surface area contributed by atoms with Crippen LogP contribution in [0.4, 0.5) is 4.39 Å². The highest BCUT2D eigenvalue weighted by atomic mass is 35.5. The van der Waals surface area contributed by atoms with Gasteiger partial charge in [-0.2, -0.15) is 0 Å². The summed E-state index contributed by atoms with van der Waals surface area (Å²) in [5.74, 6) is -0.0204. The maximum atomic E-state index is 12.9. The van der Waals surface area contributed by atoms with Crippen LogP contribution in [0.15, 0.2) is 42.5 Å². The first-order valence-corrected chi connectivity index (χ1v) is 5.97. The van der Waals surface area contributed by atoms with E-state index in [1.165, 1.54) is 18.2 Å². The summed E-state index contributed by atoms with van der Waals surface area (Å²) in [5, 5.41) is 17.9. The molecule has 0 saturated carbocycles. The van der Waals surface area contributed by atoms with Crippen molar-refractivity contribution < 1.29 is 19.2 Å². The molecule has 98 valence electrons. The van der Waals surface area contributed by atoms with Gasteiger partial charge in [-0.05, 0) is 23.2 Å². The van der Waals surface area contributed by atoms with Crippen molar-refractivity contribution in [2.75, 3.05) is 0 Å². The molecule has 2 rings (SSSR count). The van der Waals surface area contributed by atoms with Crippen LogP contribution in [0.25, 0.3) is 0 Å². The standard InChI is InChI=1S/C13H11BClFO3/c15-12-7-11(5-6-13(12)16)19-8-9-1-3-10(4-2-9)14(17)18/h1-7,17-18H,8H2. The van der Waals surface area contributed by atoms with Crippen LogP contribution in [0.1, 0.15) is 5.56 Å². The van der Waals surface area contributed by atoms with Crippen LogP contribution in [0, 0.1) is 5.82 Å². The van der Waals surface area contributed by atoms with E-state index in [0.29, 0.717) is 11.2 Å².